The molecule has 2 aromatic rings. The van der Waals surface area contributed by atoms with Gasteiger partial charge in [-0.05, 0) is 12.1 Å². The Morgan fingerprint density at radius 2 is 2.33 bits per heavy atom. The predicted molar refractivity (Wildman–Crippen MR) is 83.6 cm³/mol. The average Bonchev–Trinajstić information content (AvgIpc) is 3.09. The molecule has 1 aromatic heterocycles. The molecule has 0 atom stereocenters. The Kier molecular flexibility index (Phi) is 2.78. The molecule has 21 heavy (non-hydrogen) atoms. The second-order valence-corrected chi connectivity index (χ2v) is 5.60. The van der Waals surface area contributed by atoms with Gasteiger partial charge in [-0.1, -0.05) is 23.9 Å². The maximum absolute atomic E-state index is 12.3. The van der Waals surface area contributed by atoms with Gasteiger partial charge in [-0.3, -0.25) is 4.99 Å². The van der Waals surface area contributed by atoms with Crippen molar-refractivity contribution in [2.24, 2.45) is 4.99 Å². The summed E-state index contributed by atoms with van der Waals surface area (Å²) in [5.74, 6) is 0.564. The molecule has 0 saturated carbocycles. The molecule has 4 rings (SSSR count). The fourth-order valence-electron chi connectivity index (χ4n) is 2.59. The van der Waals surface area contributed by atoms with Gasteiger partial charge in [0, 0.05) is 17.3 Å². The maximum Gasteiger partial charge on any atom is 0.345 e. The first-order valence-electron chi connectivity index (χ1n) is 6.58. The van der Waals surface area contributed by atoms with E-state index in [4.69, 9.17) is 9.15 Å². The summed E-state index contributed by atoms with van der Waals surface area (Å²) in [6, 6.07) is 7.43. The SMILES string of the molecule is COc1cccc2cc(C3=CSC4=NCCN34)c(=O)oc12. The van der Waals surface area contributed by atoms with Crippen LogP contribution in [0, 0.1) is 0 Å². The van der Waals surface area contributed by atoms with Crippen molar-refractivity contribution in [3.63, 3.8) is 0 Å². The minimum Gasteiger partial charge on any atom is -0.493 e. The third-order valence-electron chi connectivity index (χ3n) is 3.59. The molecule has 5 nitrogen and oxygen atoms in total. The van der Waals surface area contributed by atoms with Crippen LogP contribution in [0.2, 0.25) is 0 Å². The normalized spacial score (nSPS) is 16.9. The van der Waals surface area contributed by atoms with Crippen LogP contribution in [-0.4, -0.2) is 30.3 Å². The van der Waals surface area contributed by atoms with Gasteiger partial charge < -0.3 is 14.1 Å². The number of fused-ring (bicyclic) bond motifs is 2. The number of ether oxygens (including phenoxy) is 1. The number of methoxy groups -OCH3 is 1. The molecule has 0 saturated heterocycles. The third-order valence-corrected chi connectivity index (χ3v) is 4.49. The van der Waals surface area contributed by atoms with Gasteiger partial charge in [-0.25, -0.2) is 4.79 Å². The molecule has 0 spiro atoms. The maximum atomic E-state index is 12.3. The molecule has 0 bridgehead atoms. The van der Waals surface area contributed by atoms with Gasteiger partial charge in [0.1, 0.15) is 0 Å². The zero-order valence-electron chi connectivity index (χ0n) is 11.3. The lowest BCUT2D eigenvalue weighted by Crippen LogP contribution is -2.23. The summed E-state index contributed by atoms with van der Waals surface area (Å²) >= 11 is 1.55. The van der Waals surface area contributed by atoms with Gasteiger partial charge in [0.2, 0.25) is 0 Å². The van der Waals surface area contributed by atoms with Crippen LogP contribution in [0.3, 0.4) is 0 Å². The van der Waals surface area contributed by atoms with Crippen molar-refractivity contribution in [2.75, 3.05) is 20.2 Å². The van der Waals surface area contributed by atoms with E-state index in [1.807, 2.05) is 23.6 Å². The highest BCUT2D eigenvalue weighted by Gasteiger charge is 2.29. The number of benzene rings is 1. The Morgan fingerprint density at radius 1 is 1.43 bits per heavy atom. The minimum absolute atomic E-state index is 0.355. The molecule has 6 heteroatoms. The first kappa shape index (κ1) is 12.5. The molecule has 0 radical (unpaired) electrons. The quantitative estimate of drug-likeness (QED) is 0.798. The van der Waals surface area contributed by atoms with Gasteiger partial charge in [0.05, 0.1) is 24.9 Å². The minimum atomic E-state index is -0.355. The van der Waals surface area contributed by atoms with E-state index in [9.17, 15) is 4.79 Å². The lowest BCUT2D eigenvalue weighted by Gasteiger charge is -2.16. The van der Waals surface area contributed by atoms with Gasteiger partial charge in [0.25, 0.3) is 0 Å². The lowest BCUT2D eigenvalue weighted by molar-refractivity contribution is 0.406. The Labute approximate surface area is 124 Å². The molecular weight excluding hydrogens is 288 g/mol. The van der Waals surface area contributed by atoms with E-state index in [0.717, 1.165) is 29.3 Å². The highest BCUT2D eigenvalue weighted by Crippen LogP contribution is 2.35. The Balaban J connectivity index is 1.89. The van der Waals surface area contributed by atoms with E-state index in [0.29, 0.717) is 16.9 Å². The van der Waals surface area contributed by atoms with Crippen molar-refractivity contribution in [1.29, 1.82) is 0 Å². The highest BCUT2D eigenvalue weighted by atomic mass is 32.2. The zero-order valence-corrected chi connectivity index (χ0v) is 12.1. The monoisotopic (exact) mass is 300 g/mol. The molecule has 0 fully saturated rings. The molecular formula is C15H12N2O3S. The van der Waals surface area contributed by atoms with Crippen molar-refractivity contribution >= 4 is 33.6 Å². The third kappa shape index (κ3) is 1.86. The van der Waals surface area contributed by atoms with E-state index < -0.39 is 0 Å². The average molecular weight is 300 g/mol. The molecule has 0 aliphatic carbocycles. The summed E-state index contributed by atoms with van der Waals surface area (Å²) in [6.45, 7) is 1.58. The number of para-hydroxylation sites is 1. The Morgan fingerprint density at radius 3 is 3.19 bits per heavy atom. The van der Waals surface area contributed by atoms with Crippen LogP contribution in [0.5, 0.6) is 5.75 Å². The molecule has 3 heterocycles. The van der Waals surface area contributed by atoms with Gasteiger partial charge >= 0.3 is 5.63 Å². The standard InChI is InChI=1S/C15H12N2O3S/c1-19-12-4-2-3-9-7-10(14(18)20-13(9)12)11-8-21-15-16-5-6-17(11)15/h2-4,7-8H,5-6H2,1H3. The van der Waals surface area contributed by atoms with Crippen molar-refractivity contribution in [2.45, 2.75) is 0 Å². The van der Waals surface area contributed by atoms with E-state index >= 15 is 0 Å². The summed E-state index contributed by atoms with van der Waals surface area (Å²) in [5, 5.41) is 3.76. The van der Waals surface area contributed by atoms with Crippen molar-refractivity contribution in [3.05, 3.63) is 45.7 Å². The van der Waals surface area contributed by atoms with Crippen molar-refractivity contribution < 1.29 is 9.15 Å². The fourth-order valence-corrected chi connectivity index (χ4v) is 3.54. The molecule has 2 aliphatic rings. The van der Waals surface area contributed by atoms with Crippen LogP contribution >= 0.6 is 11.8 Å². The Bertz CT molecular complexity index is 854. The number of hydrogen-bond donors (Lipinski definition) is 0. The second kappa shape index (κ2) is 4.66. The van der Waals surface area contributed by atoms with Crippen LogP contribution < -0.4 is 10.4 Å². The Hall–Kier alpha value is -2.21. The molecule has 106 valence electrons. The van der Waals surface area contributed by atoms with Crippen LogP contribution in [0.1, 0.15) is 5.56 Å². The van der Waals surface area contributed by atoms with Gasteiger partial charge in [-0.15, -0.1) is 0 Å². The molecule has 0 N–H and O–H groups in total. The second-order valence-electron chi connectivity index (χ2n) is 4.76. The molecule has 0 amide bonds. The number of nitrogens with zero attached hydrogens (tertiary/aromatic N) is 2. The summed E-state index contributed by atoms with van der Waals surface area (Å²) in [7, 11) is 1.56. The molecule has 2 aliphatic heterocycles. The summed E-state index contributed by atoms with van der Waals surface area (Å²) in [4.78, 5) is 18.8. The smallest absolute Gasteiger partial charge is 0.345 e. The lowest BCUT2D eigenvalue weighted by atomic mass is 10.1. The predicted octanol–water partition coefficient (Wildman–Crippen LogP) is 2.52. The number of hydrogen-bond acceptors (Lipinski definition) is 6. The van der Waals surface area contributed by atoms with Crippen molar-refractivity contribution in [3.8, 4) is 5.75 Å². The fraction of sp³-hybridized carbons (Fsp3) is 0.200. The number of rotatable bonds is 2. The first-order chi connectivity index (χ1) is 10.3. The van der Waals surface area contributed by atoms with Gasteiger partial charge in [-0.2, -0.15) is 0 Å². The van der Waals surface area contributed by atoms with Gasteiger partial charge in [0.15, 0.2) is 16.5 Å². The van der Waals surface area contributed by atoms with Crippen molar-refractivity contribution in [1.82, 2.24) is 4.90 Å². The van der Waals surface area contributed by atoms with E-state index in [-0.39, 0.29) is 5.63 Å². The first-order valence-corrected chi connectivity index (χ1v) is 7.46. The van der Waals surface area contributed by atoms with Crippen LogP contribution in [0.4, 0.5) is 0 Å². The molecule has 0 unspecified atom stereocenters. The van der Waals surface area contributed by atoms with Crippen LogP contribution in [-0.2, 0) is 0 Å². The van der Waals surface area contributed by atoms with Crippen LogP contribution in [0.25, 0.3) is 16.7 Å². The summed E-state index contributed by atoms with van der Waals surface area (Å²) in [6.07, 6.45) is 0. The highest BCUT2D eigenvalue weighted by molar-refractivity contribution is 8.16. The summed E-state index contributed by atoms with van der Waals surface area (Å²) in [5.41, 5.74) is 1.56. The van der Waals surface area contributed by atoms with E-state index in [1.165, 1.54) is 0 Å². The summed E-state index contributed by atoms with van der Waals surface area (Å²) < 4.78 is 10.7. The largest absolute Gasteiger partial charge is 0.493 e. The number of amidine groups is 1. The number of aliphatic imine (C=N–C) groups is 1. The molecule has 1 aromatic carbocycles. The van der Waals surface area contributed by atoms with E-state index in [1.54, 1.807) is 24.9 Å². The number of thioether (sulfide) groups is 1. The van der Waals surface area contributed by atoms with E-state index in [2.05, 4.69) is 9.89 Å². The zero-order chi connectivity index (χ0) is 14.4. The van der Waals surface area contributed by atoms with Crippen LogP contribution in [0.15, 0.2) is 43.9 Å². The topological polar surface area (TPSA) is 55.0 Å².